The van der Waals surface area contributed by atoms with Crippen LogP contribution >= 0.6 is 0 Å². The number of hydrogen-bond acceptors (Lipinski definition) is 1. The molecule has 2 nitrogen and oxygen atoms in total. The van der Waals surface area contributed by atoms with Crippen LogP contribution in [0.3, 0.4) is 0 Å². The van der Waals surface area contributed by atoms with E-state index >= 15 is 0 Å². The number of para-hydroxylation sites is 1. The molecule has 2 aliphatic carbocycles. The average molecular weight is 793 g/mol. The second-order valence-electron chi connectivity index (χ2n) is 18.1. The minimum atomic E-state index is -0.0992. The minimum absolute atomic E-state index is 0.0992. The summed E-state index contributed by atoms with van der Waals surface area (Å²) in [5, 5.41) is 5.02. The first-order valence-corrected chi connectivity index (χ1v) is 21.7. The molecular weight excluding hydrogens is 749 g/mol. The zero-order chi connectivity index (χ0) is 41.7. The molecule has 294 valence electrons. The normalized spacial score (nSPS) is 13.9. The van der Waals surface area contributed by atoms with E-state index in [0.29, 0.717) is 0 Å². The van der Waals surface area contributed by atoms with Crippen LogP contribution in [0.5, 0.6) is 0 Å². The molecule has 12 rings (SSSR count). The first-order valence-electron chi connectivity index (χ1n) is 21.7. The third-order valence-corrected chi connectivity index (χ3v) is 13.8. The lowest BCUT2D eigenvalue weighted by Gasteiger charge is -2.25. The Morgan fingerprint density at radius 1 is 0.371 bits per heavy atom. The van der Waals surface area contributed by atoms with Gasteiger partial charge < -0.3 is 9.47 Å². The summed E-state index contributed by atoms with van der Waals surface area (Å²) in [6.07, 6.45) is 0. The van der Waals surface area contributed by atoms with E-state index < -0.39 is 0 Å². The molecule has 0 saturated carbocycles. The van der Waals surface area contributed by atoms with E-state index in [4.69, 9.17) is 0 Å². The number of benzene rings is 9. The zero-order valence-electron chi connectivity index (χ0n) is 35.4. The van der Waals surface area contributed by atoms with Crippen molar-refractivity contribution < 1.29 is 0 Å². The maximum atomic E-state index is 3.48. The number of rotatable bonds is 4. The minimum Gasteiger partial charge on any atom is -0.310 e. The highest BCUT2D eigenvalue weighted by Gasteiger charge is 2.38. The molecule has 0 fully saturated rings. The van der Waals surface area contributed by atoms with E-state index in [0.717, 1.165) is 33.9 Å². The molecule has 1 heterocycles. The van der Waals surface area contributed by atoms with Gasteiger partial charge in [0.25, 0.3) is 0 Å². The molecule has 1 aromatic heterocycles. The van der Waals surface area contributed by atoms with Crippen LogP contribution in [0.2, 0.25) is 0 Å². The Kier molecular flexibility index (Phi) is 7.87. The van der Waals surface area contributed by atoms with Gasteiger partial charge in [-0.05, 0) is 152 Å². The maximum Gasteiger partial charge on any atom is 0.0544 e. The molecule has 0 N–H and O–H groups in total. The van der Waals surface area contributed by atoms with E-state index in [1.807, 2.05) is 0 Å². The van der Waals surface area contributed by atoms with Gasteiger partial charge in [-0.25, -0.2) is 0 Å². The quantitative estimate of drug-likeness (QED) is 0.161. The Morgan fingerprint density at radius 2 is 0.839 bits per heavy atom. The van der Waals surface area contributed by atoms with Crippen LogP contribution < -0.4 is 4.90 Å². The van der Waals surface area contributed by atoms with Gasteiger partial charge in [-0.2, -0.15) is 0 Å². The highest BCUT2D eigenvalue weighted by atomic mass is 15.1. The summed E-state index contributed by atoms with van der Waals surface area (Å²) in [5.74, 6) is 6.94. The van der Waals surface area contributed by atoms with Crippen LogP contribution in [0.1, 0.15) is 61.1 Å². The van der Waals surface area contributed by atoms with E-state index in [2.05, 4.69) is 243 Å². The van der Waals surface area contributed by atoms with Gasteiger partial charge in [0.05, 0.1) is 11.0 Å². The number of anilines is 3. The zero-order valence-corrected chi connectivity index (χ0v) is 35.4. The summed E-state index contributed by atoms with van der Waals surface area (Å²) in [6.45, 7) is 9.48. The lowest BCUT2D eigenvalue weighted by atomic mass is 9.82. The van der Waals surface area contributed by atoms with E-state index in [1.54, 1.807) is 0 Å². The van der Waals surface area contributed by atoms with E-state index in [1.165, 1.54) is 77.1 Å². The largest absolute Gasteiger partial charge is 0.310 e. The average Bonchev–Trinajstić information content (AvgIpc) is 3.83. The second kappa shape index (κ2) is 13.5. The summed E-state index contributed by atoms with van der Waals surface area (Å²) < 4.78 is 2.49. The number of hydrogen-bond donors (Lipinski definition) is 0. The van der Waals surface area contributed by atoms with Gasteiger partial charge >= 0.3 is 0 Å². The Bertz CT molecular complexity index is 3380. The lowest BCUT2D eigenvalue weighted by Crippen LogP contribution is -2.15. The lowest BCUT2D eigenvalue weighted by molar-refractivity contribution is 0.660. The summed E-state index contributed by atoms with van der Waals surface area (Å²) >= 11 is 0. The third kappa shape index (κ3) is 5.45. The molecular formula is C60H44N2. The first-order chi connectivity index (χ1) is 30.2. The fraction of sp³-hybridized carbons (Fsp3) is 0.100. The monoisotopic (exact) mass is 792 g/mol. The fourth-order valence-electron chi connectivity index (χ4n) is 10.6. The van der Waals surface area contributed by atoms with Gasteiger partial charge in [0.2, 0.25) is 0 Å². The molecule has 0 spiro atoms. The summed E-state index contributed by atoms with van der Waals surface area (Å²) in [6, 6.07) is 71.0. The molecule has 0 unspecified atom stereocenters. The Balaban J connectivity index is 0.931. The maximum absolute atomic E-state index is 3.48. The Labute approximate surface area is 363 Å². The number of aromatic nitrogens is 1. The molecule has 10 aromatic rings. The predicted octanol–water partition coefficient (Wildman–Crippen LogP) is 15.4. The van der Waals surface area contributed by atoms with E-state index in [-0.39, 0.29) is 10.8 Å². The molecule has 0 radical (unpaired) electrons. The fourth-order valence-corrected chi connectivity index (χ4v) is 10.6. The predicted molar refractivity (Wildman–Crippen MR) is 261 cm³/mol. The number of nitrogens with zero attached hydrogens (tertiary/aromatic N) is 2. The van der Waals surface area contributed by atoms with Crippen molar-refractivity contribution in [3.05, 3.63) is 228 Å². The first kappa shape index (κ1) is 36.3. The van der Waals surface area contributed by atoms with Crippen molar-refractivity contribution in [1.82, 2.24) is 4.57 Å². The summed E-state index contributed by atoms with van der Waals surface area (Å²) in [5.41, 5.74) is 19.6. The third-order valence-electron chi connectivity index (χ3n) is 13.8. The van der Waals surface area contributed by atoms with Crippen LogP contribution in [0.4, 0.5) is 17.1 Å². The van der Waals surface area contributed by atoms with Gasteiger partial charge in [-0.3, -0.25) is 0 Å². The van der Waals surface area contributed by atoms with Crippen molar-refractivity contribution in [2.75, 3.05) is 4.90 Å². The molecule has 0 bridgehead atoms. The molecule has 62 heavy (non-hydrogen) atoms. The standard InChI is InChI=1S/C60H44N2/c1-59(2)53-20-12-10-18-47(53)49-35-51-52-36-50-48-19-11-13-21-54(48)60(3,4)56(50)38-58(52)62(57(51)37-55(49)59)45-31-26-40(27-32-45)23-22-39-24-29-44(30-25-39)61(43-16-6-5-7-17-43)46-33-28-41-14-8-9-15-42(41)34-46/h5-21,24-38H,1-4H3. The Morgan fingerprint density at radius 3 is 1.42 bits per heavy atom. The van der Waals surface area contributed by atoms with Crippen molar-refractivity contribution in [2.45, 2.75) is 38.5 Å². The van der Waals surface area contributed by atoms with Crippen LogP contribution in [0, 0.1) is 11.8 Å². The molecule has 2 aliphatic rings. The van der Waals surface area contributed by atoms with Gasteiger partial charge in [0.1, 0.15) is 0 Å². The van der Waals surface area contributed by atoms with Crippen LogP contribution in [0.15, 0.2) is 194 Å². The highest BCUT2D eigenvalue weighted by Crippen LogP contribution is 2.54. The smallest absolute Gasteiger partial charge is 0.0544 e. The highest BCUT2D eigenvalue weighted by molar-refractivity contribution is 6.13. The van der Waals surface area contributed by atoms with E-state index in [9.17, 15) is 0 Å². The van der Waals surface area contributed by atoms with Gasteiger partial charge in [-0.1, -0.05) is 137 Å². The van der Waals surface area contributed by atoms with Crippen molar-refractivity contribution in [3.63, 3.8) is 0 Å². The van der Waals surface area contributed by atoms with Crippen LogP contribution in [0.25, 0.3) is 60.5 Å². The van der Waals surface area contributed by atoms with Crippen LogP contribution in [-0.2, 0) is 10.8 Å². The SMILES string of the molecule is CC1(C)c2ccccc2-c2cc3c4cc5c(cc4n(-c4ccc(C#Cc6ccc(N(c7ccccc7)c7ccc8ccccc8c7)cc6)cc4)c3cc21)C(C)(C)c1ccccc1-5. The number of fused-ring (bicyclic) bond motifs is 10. The molecule has 0 saturated heterocycles. The van der Waals surface area contributed by atoms with Gasteiger partial charge in [0, 0.05) is 55.5 Å². The topological polar surface area (TPSA) is 8.17 Å². The van der Waals surface area contributed by atoms with Gasteiger partial charge in [0.15, 0.2) is 0 Å². The van der Waals surface area contributed by atoms with Gasteiger partial charge in [-0.15, -0.1) is 0 Å². The molecule has 9 aromatic carbocycles. The van der Waals surface area contributed by atoms with Crippen molar-refractivity contribution in [3.8, 4) is 39.8 Å². The van der Waals surface area contributed by atoms with Crippen molar-refractivity contribution in [2.24, 2.45) is 0 Å². The Hall–Kier alpha value is -7.60. The summed E-state index contributed by atoms with van der Waals surface area (Å²) in [4.78, 5) is 2.30. The van der Waals surface area contributed by atoms with Crippen LogP contribution in [-0.4, -0.2) is 4.57 Å². The summed E-state index contributed by atoms with van der Waals surface area (Å²) in [7, 11) is 0. The molecule has 2 heteroatoms. The molecule has 0 atom stereocenters. The second-order valence-corrected chi connectivity index (χ2v) is 18.1. The van der Waals surface area contributed by atoms with Crippen molar-refractivity contribution in [1.29, 1.82) is 0 Å². The van der Waals surface area contributed by atoms with Crippen molar-refractivity contribution >= 4 is 49.6 Å². The molecule has 0 amide bonds. The molecule has 0 aliphatic heterocycles.